The van der Waals surface area contributed by atoms with Crippen LogP contribution in [0.1, 0.15) is 5.56 Å². The molecule has 0 aliphatic carbocycles. The Bertz CT molecular complexity index is 461. The van der Waals surface area contributed by atoms with Crippen LogP contribution in [0.4, 0.5) is 11.4 Å². The Balaban J connectivity index is 2.83. The van der Waals surface area contributed by atoms with E-state index in [0.717, 1.165) is 11.3 Å². The first-order valence-electron chi connectivity index (χ1n) is 5.35. The van der Waals surface area contributed by atoms with Gasteiger partial charge in [-0.3, -0.25) is 4.79 Å². The highest BCUT2D eigenvalue weighted by Gasteiger charge is 2.04. The van der Waals surface area contributed by atoms with Crippen molar-refractivity contribution in [2.45, 2.75) is 6.92 Å². The molecule has 0 atom stereocenters. The fourth-order valence-corrected chi connectivity index (χ4v) is 1.43. The summed E-state index contributed by atoms with van der Waals surface area (Å²) < 4.78 is 4.74. The van der Waals surface area contributed by atoms with Crippen molar-refractivity contribution >= 4 is 34.7 Å². The van der Waals surface area contributed by atoms with Gasteiger partial charge in [-0.1, -0.05) is 0 Å². The summed E-state index contributed by atoms with van der Waals surface area (Å²) in [6.45, 7) is 1.90. The molecule has 1 aromatic carbocycles. The molecule has 0 spiro atoms. The summed E-state index contributed by atoms with van der Waals surface area (Å²) in [5.74, 6) is 0.343. The second-order valence-electron chi connectivity index (χ2n) is 3.72. The average molecular weight is 270 g/mol. The Morgan fingerprint density at radius 2 is 2.28 bits per heavy atom. The van der Waals surface area contributed by atoms with Crippen LogP contribution in [0.3, 0.4) is 0 Å². The van der Waals surface area contributed by atoms with Crippen molar-refractivity contribution in [1.82, 2.24) is 0 Å². The molecule has 0 saturated heterocycles. The molecule has 1 amide bonds. The maximum absolute atomic E-state index is 11.4. The Kier molecular flexibility index (Phi) is 5.61. The Hall–Kier alpha value is -1.59. The topological polar surface area (TPSA) is 76.7 Å². The standard InChI is InChI=1S/C12H16ClN3O2/c1-8-5-9(15-11(14)6-13)3-4-10(8)16-12(17)7-18-2/h3-5H,6-7H2,1-2H3,(H2,14,15)(H,16,17). The van der Waals surface area contributed by atoms with Crippen molar-refractivity contribution in [2.75, 3.05) is 24.9 Å². The number of benzene rings is 1. The van der Waals surface area contributed by atoms with E-state index >= 15 is 0 Å². The van der Waals surface area contributed by atoms with E-state index in [1.165, 1.54) is 7.11 Å². The lowest BCUT2D eigenvalue weighted by atomic mass is 10.2. The number of nitrogens with one attached hydrogen (secondary N) is 1. The van der Waals surface area contributed by atoms with E-state index in [1.807, 2.05) is 13.0 Å². The smallest absolute Gasteiger partial charge is 0.250 e. The zero-order chi connectivity index (χ0) is 13.5. The quantitative estimate of drug-likeness (QED) is 0.486. The van der Waals surface area contributed by atoms with Gasteiger partial charge in [-0.25, -0.2) is 4.99 Å². The largest absolute Gasteiger partial charge is 0.386 e. The number of hydrogen-bond acceptors (Lipinski definition) is 3. The number of aliphatic imine (C=N–C) groups is 1. The molecule has 1 aromatic rings. The van der Waals surface area contributed by atoms with Gasteiger partial charge in [-0.05, 0) is 30.7 Å². The van der Waals surface area contributed by atoms with Crippen LogP contribution in [-0.4, -0.2) is 31.3 Å². The van der Waals surface area contributed by atoms with Gasteiger partial charge in [-0.15, -0.1) is 11.6 Å². The van der Waals surface area contributed by atoms with Gasteiger partial charge in [-0.2, -0.15) is 0 Å². The van der Waals surface area contributed by atoms with Gasteiger partial charge >= 0.3 is 0 Å². The summed E-state index contributed by atoms with van der Waals surface area (Å²) in [5.41, 5.74) is 7.86. The van der Waals surface area contributed by atoms with E-state index in [2.05, 4.69) is 10.3 Å². The monoisotopic (exact) mass is 269 g/mol. The Morgan fingerprint density at radius 3 is 2.83 bits per heavy atom. The number of alkyl halides is 1. The zero-order valence-corrected chi connectivity index (χ0v) is 11.1. The molecule has 98 valence electrons. The van der Waals surface area contributed by atoms with Crippen LogP contribution in [-0.2, 0) is 9.53 Å². The predicted octanol–water partition coefficient (Wildman–Crippen LogP) is 1.81. The summed E-state index contributed by atoms with van der Waals surface area (Å²) in [6.07, 6.45) is 0. The summed E-state index contributed by atoms with van der Waals surface area (Å²) in [5, 5.41) is 2.74. The minimum atomic E-state index is -0.197. The number of halogens is 1. The van der Waals surface area contributed by atoms with Crippen molar-refractivity contribution < 1.29 is 9.53 Å². The lowest BCUT2D eigenvalue weighted by Gasteiger charge is -2.08. The highest BCUT2D eigenvalue weighted by molar-refractivity contribution is 6.28. The highest BCUT2D eigenvalue weighted by atomic mass is 35.5. The summed E-state index contributed by atoms with van der Waals surface area (Å²) in [6, 6.07) is 5.35. The van der Waals surface area contributed by atoms with Gasteiger partial charge in [0.2, 0.25) is 5.91 Å². The van der Waals surface area contributed by atoms with Crippen molar-refractivity contribution in [3.8, 4) is 0 Å². The molecule has 0 bridgehead atoms. The van der Waals surface area contributed by atoms with Gasteiger partial charge in [0, 0.05) is 12.8 Å². The molecular formula is C12H16ClN3O2. The number of nitrogens with two attached hydrogens (primary N) is 1. The van der Waals surface area contributed by atoms with E-state index in [4.69, 9.17) is 22.1 Å². The van der Waals surface area contributed by atoms with E-state index < -0.39 is 0 Å². The molecule has 0 aliphatic rings. The lowest BCUT2D eigenvalue weighted by Crippen LogP contribution is -2.17. The number of methoxy groups -OCH3 is 1. The van der Waals surface area contributed by atoms with Crippen LogP contribution in [0.25, 0.3) is 0 Å². The fourth-order valence-electron chi connectivity index (χ4n) is 1.37. The average Bonchev–Trinajstić information content (AvgIpc) is 2.33. The summed E-state index contributed by atoms with van der Waals surface area (Å²) >= 11 is 5.55. The van der Waals surface area contributed by atoms with E-state index in [-0.39, 0.29) is 18.4 Å². The third-order valence-electron chi connectivity index (χ3n) is 2.17. The van der Waals surface area contributed by atoms with Gasteiger partial charge < -0.3 is 15.8 Å². The molecule has 0 unspecified atom stereocenters. The number of anilines is 1. The molecular weight excluding hydrogens is 254 g/mol. The summed E-state index contributed by atoms with van der Waals surface area (Å²) in [7, 11) is 1.47. The molecule has 6 heteroatoms. The third kappa shape index (κ3) is 4.35. The second-order valence-corrected chi connectivity index (χ2v) is 3.98. The lowest BCUT2D eigenvalue weighted by molar-refractivity contribution is -0.119. The number of hydrogen-bond donors (Lipinski definition) is 2. The first kappa shape index (κ1) is 14.5. The predicted molar refractivity (Wildman–Crippen MR) is 73.7 cm³/mol. The number of carbonyl (C=O) groups excluding carboxylic acids is 1. The van der Waals surface area contributed by atoms with Crippen molar-refractivity contribution in [2.24, 2.45) is 10.7 Å². The summed E-state index contributed by atoms with van der Waals surface area (Å²) in [4.78, 5) is 15.5. The Morgan fingerprint density at radius 1 is 1.56 bits per heavy atom. The number of ether oxygens (including phenoxy) is 1. The fraction of sp³-hybridized carbons (Fsp3) is 0.333. The van der Waals surface area contributed by atoms with Crippen LogP contribution in [0.15, 0.2) is 23.2 Å². The van der Waals surface area contributed by atoms with Gasteiger partial charge in [0.25, 0.3) is 0 Å². The second kappa shape index (κ2) is 6.98. The molecule has 0 fully saturated rings. The number of aryl methyl sites for hydroxylation is 1. The van der Waals surface area contributed by atoms with Crippen LogP contribution in [0.2, 0.25) is 0 Å². The molecule has 1 rings (SSSR count). The minimum Gasteiger partial charge on any atom is -0.386 e. The first-order valence-corrected chi connectivity index (χ1v) is 5.88. The SMILES string of the molecule is COCC(=O)Nc1ccc(N=C(N)CCl)cc1C. The van der Waals surface area contributed by atoms with E-state index in [1.54, 1.807) is 12.1 Å². The number of amidine groups is 1. The molecule has 5 nitrogen and oxygen atoms in total. The molecule has 0 saturated carbocycles. The molecule has 0 radical (unpaired) electrons. The molecule has 0 aliphatic heterocycles. The number of amides is 1. The van der Waals surface area contributed by atoms with Gasteiger partial charge in [0.1, 0.15) is 12.4 Å². The number of carbonyl (C=O) groups is 1. The Labute approximate surface area is 111 Å². The van der Waals surface area contributed by atoms with Crippen molar-refractivity contribution in [1.29, 1.82) is 0 Å². The highest BCUT2D eigenvalue weighted by Crippen LogP contribution is 2.21. The molecule has 18 heavy (non-hydrogen) atoms. The number of nitrogens with zero attached hydrogens (tertiary/aromatic N) is 1. The van der Waals surface area contributed by atoms with Crippen LogP contribution in [0.5, 0.6) is 0 Å². The van der Waals surface area contributed by atoms with Crippen molar-refractivity contribution in [3.05, 3.63) is 23.8 Å². The van der Waals surface area contributed by atoms with Crippen LogP contribution >= 0.6 is 11.6 Å². The normalized spacial score (nSPS) is 11.4. The van der Waals surface area contributed by atoms with Gasteiger partial charge in [0.15, 0.2) is 0 Å². The van der Waals surface area contributed by atoms with Crippen LogP contribution < -0.4 is 11.1 Å². The maximum atomic E-state index is 11.4. The zero-order valence-electron chi connectivity index (χ0n) is 10.4. The van der Waals surface area contributed by atoms with E-state index in [0.29, 0.717) is 11.5 Å². The maximum Gasteiger partial charge on any atom is 0.250 e. The van der Waals surface area contributed by atoms with Crippen molar-refractivity contribution in [3.63, 3.8) is 0 Å². The number of rotatable bonds is 5. The van der Waals surface area contributed by atoms with Crippen LogP contribution in [0, 0.1) is 6.92 Å². The third-order valence-corrected chi connectivity index (χ3v) is 2.44. The molecule has 3 N–H and O–H groups in total. The first-order chi connectivity index (χ1) is 8.56. The van der Waals surface area contributed by atoms with Gasteiger partial charge in [0.05, 0.1) is 11.6 Å². The van der Waals surface area contributed by atoms with E-state index in [9.17, 15) is 4.79 Å². The molecule has 0 aromatic heterocycles. The molecule has 0 heterocycles. The minimum absolute atomic E-state index is 0.0263.